The Balaban J connectivity index is 1.50. The van der Waals surface area contributed by atoms with Crippen molar-refractivity contribution < 1.29 is 14.6 Å². The van der Waals surface area contributed by atoms with Gasteiger partial charge in [-0.25, -0.2) is 0 Å². The number of hydrogen-bond acceptors (Lipinski definition) is 3. The van der Waals surface area contributed by atoms with Crippen molar-refractivity contribution in [2.24, 2.45) is 5.92 Å². The lowest BCUT2D eigenvalue weighted by molar-refractivity contribution is -0.161. The van der Waals surface area contributed by atoms with E-state index in [2.05, 4.69) is 15.9 Å². The molecule has 1 N–H and O–H groups in total. The average molecular weight is 340 g/mol. The van der Waals surface area contributed by atoms with Crippen LogP contribution in [0.4, 0.5) is 0 Å². The van der Waals surface area contributed by atoms with Crippen LogP contribution in [0.15, 0.2) is 22.7 Å². The number of likely N-dealkylation sites (tertiary alicyclic amines) is 1. The van der Waals surface area contributed by atoms with Gasteiger partial charge >= 0.3 is 0 Å². The van der Waals surface area contributed by atoms with Gasteiger partial charge in [-0.3, -0.25) is 4.79 Å². The van der Waals surface area contributed by atoms with Crippen LogP contribution in [0.5, 0.6) is 5.75 Å². The molecule has 1 saturated heterocycles. The number of ether oxygens (including phenoxy) is 1. The van der Waals surface area contributed by atoms with E-state index >= 15 is 0 Å². The lowest BCUT2D eigenvalue weighted by Crippen LogP contribution is -2.65. The van der Waals surface area contributed by atoms with E-state index in [9.17, 15) is 9.90 Å². The molecule has 2 fully saturated rings. The molecule has 1 aromatic rings. The summed E-state index contributed by atoms with van der Waals surface area (Å²) in [6.45, 7) is 2.92. The zero-order chi connectivity index (χ0) is 14.3. The van der Waals surface area contributed by atoms with Gasteiger partial charge in [-0.2, -0.15) is 0 Å². The van der Waals surface area contributed by atoms with E-state index in [1.165, 1.54) is 0 Å². The highest BCUT2D eigenvalue weighted by atomic mass is 79.9. The fraction of sp³-hybridized carbons (Fsp3) is 0.533. The molecule has 20 heavy (non-hydrogen) atoms. The largest absolute Gasteiger partial charge is 0.483 e. The van der Waals surface area contributed by atoms with Gasteiger partial charge in [-0.15, -0.1) is 0 Å². The minimum Gasteiger partial charge on any atom is -0.483 e. The summed E-state index contributed by atoms with van der Waals surface area (Å²) in [5.41, 5.74) is 0.507. The van der Waals surface area contributed by atoms with Gasteiger partial charge in [-0.05, 0) is 59.3 Å². The lowest BCUT2D eigenvalue weighted by Gasteiger charge is -2.46. The maximum Gasteiger partial charge on any atom is 0.260 e. The van der Waals surface area contributed by atoms with Crippen LogP contribution in [0.3, 0.4) is 0 Å². The van der Waals surface area contributed by atoms with Crippen LogP contribution in [-0.4, -0.2) is 41.2 Å². The first-order valence-electron chi connectivity index (χ1n) is 6.87. The molecule has 1 aliphatic carbocycles. The van der Waals surface area contributed by atoms with Crippen LogP contribution < -0.4 is 4.74 Å². The summed E-state index contributed by atoms with van der Waals surface area (Å²) >= 11 is 3.42. The van der Waals surface area contributed by atoms with Crippen LogP contribution in [0.1, 0.15) is 18.4 Å². The van der Waals surface area contributed by atoms with E-state index in [1.54, 1.807) is 4.90 Å². The SMILES string of the molecule is Cc1ccc(OCC(=O)N2CC(O)(C3CC3)C2)c(Br)c1. The maximum atomic E-state index is 12.0. The molecule has 4 nitrogen and oxygen atoms in total. The number of benzene rings is 1. The Bertz CT molecular complexity index is 536. The summed E-state index contributed by atoms with van der Waals surface area (Å²) in [5, 5.41) is 10.2. The van der Waals surface area contributed by atoms with Gasteiger partial charge in [0, 0.05) is 0 Å². The second kappa shape index (κ2) is 5.04. The molecule has 1 saturated carbocycles. The van der Waals surface area contributed by atoms with Crippen LogP contribution in [-0.2, 0) is 4.79 Å². The van der Waals surface area contributed by atoms with E-state index in [0.29, 0.717) is 24.8 Å². The van der Waals surface area contributed by atoms with Gasteiger partial charge in [0.2, 0.25) is 0 Å². The normalized spacial score (nSPS) is 20.4. The van der Waals surface area contributed by atoms with Gasteiger partial charge in [-0.1, -0.05) is 6.07 Å². The quantitative estimate of drug-likeness (QED) is 0.914. The number of nitrogens with zero attached hydrogens (tertiary/aromatic N) is 1. The van der Waals surface area contributed by atoms with E-state index < -0.39 is 5.60 Å². The highest BCUT2D eigenvalue weighted by Gasteiger charge is 2.53. The van der Waals surface area contributed by atoms with Crippen molar-refractivity contribution in [3.63, 3.8) is 0 Å². The Morgan fingerprint density at radius 1 is 1.50 bits per heavy atom. The summed E-state index contributed by atoms with van der Waals surface area (Å²) in [7, 11) is 0. The Kier molecular flexibility index (Phi) is 3.50. The van der Waals surface area contributed by atoms with E-state index in [-0.39, 0.29) is 12.5 Å². The van der Waals surface area contributed by atoms with Crippen LogP contribution in [0, 0.1) is 12.8 Å². The lowest BCUT2D eigenvalue weighted by atomic mass is 9.89. The molecule has 1 heterocycles. The molecule has 108 valence electrons. The molecule has 5 heteroatoms. The highest BCUT2D eigenvalue weighted by Crippen LogP contribution is 2.44. The van der Waals surface area contributed by atoms with Gasteiger partial charge in [0.1, 0.15) is 11.4 Å². The zero-order valence-electron chi connectivity index (χ0n) is 11.4. The predicted molar refractivity (Wildman–Crippen MR) is 78.6 cm³/mol. The first-order valence-corrected chi connectivity index (χ1v) is 7.66. The van der Waals surface area contributed by atoms with E-state index in [0.717, 1.165) is 22.9 Å². The number of rotatable bonds is 4. The van der Waals surface area contributed by atoms with Crippen molar-refractivity contribution in [3.05, 3.63) is 28.2 Å². The van der Waals surface area contributed by atoms with Gasteiger partial charge in [0.15, 0.2) is 6.61 Å². The second-order valence-electron chi connectivity index (χ2n) is 5.85. The van der Waals surface area contributed by atoms with Crippen LogP contribution >= 0.6 is 15.9 Å². The first kappa shape index (κ1) is 13.9. The molecule has 0 spiro atoms. The van der Waals surface area contributed by atoms with Crippen molar-refractivity contribution in [1.29, 1.82) is 0 Å². The third-order valence-electron chi connectivity index (χ3n) is 4.06. The molecule has 0 atom stereocenters. The number of aryl methyl sites for hydroxylation is 1. The molecule has 1 amide bonds. The van der Waals surface area contributed by atoms with Gasteiger partial charge in [0.05, 0.1) is 17.6 Å². The number of carbonyl (C=O) groups is 1. The highest BCUT2D eigenvalue weighted by molar-refractivity contribution is 9.10. The molecule has 2 aliphatic rings. The number of amides is 1. The topological polar surface area (TPSA) is 49.8 Å². The Morgan fingerprint density at radius 3 is 2.80 bits per heavy atom. The minimum atomic E-state index is -0.625. The number of halogens is 1. The van der Waals surface area contributed by atoms with Gasteiger partial charge < -0.3 is 14.7 Å². The summed E-state index contributed by atoms with van der Waals surface area (Å²) in [5.74, 6) is 1.00. The monoisotopic (exact) mass is 339 g/mol. The Hall–Kier alpha value is -1.07. The summed E-state index contributed by atoms with van der Waals surface area (Å²) in [6, 6.07) is 5.75. The molecular formula is C15H18BrNO3. The fourth-order valence-corrected chi connectivity index (χ4v) is 3.23. The van der Waals surface area contributed by atoms with Gasteiger partial charge in [0.25, 0.3) is 5.91 Å². The van der Waals surface area contributed by atoms with Crippen molar-refractivity contribution in [1.82, 2.24) is 4.90 Å². The minimum absolute atomic E-state index is 0.0163. The molecule has 1 aliphatic heterocycles. The molecule has 0 unspecified atom stereocenters. The fourth-order valence-electron chi connectivity index (χ4n) is 2.62. The Labute approximate surface area is 126 Å². The second-order valence-corrected chi connectivity index (χ2v) is 6.70. The number of β-amino-alcohol motifs (C(OH)–C–C–N with tert-alkyl or cyclic N) is 1. The van der Waals surface area contributed by atoms with Crippen molar-refractivity contribution in [2.45, 2.75) is 25.4 Å². The molecule has 0 bridgehead atoms. The smallest absolute Gasteiger partial charge is 0.260 e. The molecule has 3 rings (SSSR count). The van der Waals surface area contributed by atoms with Crippen molar-refractivity contribution in [3.8, 4) is 5.75 Å². The molecule has 1 aromatic carbocycles. The third kappa shape index (κ3) is 2.69. The predicted octanol–water partition coefficient (Wildman–Crippen LogP) is 2.12. The molecular weight excluding hydrogens is 322 g/mol. The number of carbonyl (C=O) groups excluding carboxylic acids is 1. The number of aliphatic hydroxyl groups is 1. The molecule has 0 radical (unpaired) electrons. The standard InChI is InChI=1S/C15H18BrNO3/c1-10-2-5-13(12(16)6-10)20-7-14(18)17-8-15(19,9-17)11-3-4-11/h2,5-6,11,19H,3-4,7-9H2,1H3. The summed E-state index contributed by atoms with van der Waals surface area (Å²) < 4.78 is 6.39. The first-order chi connectivity index (χ1) is 9.48. The zero-order valence-corrected chi connectivity index (χ0v) is 13.0. The third-order valence-corrected chi connectivity index (χ3v) is 4.68. The Morgan fingerprint density at radius 2 is 2.20 bits per heavy atom. The molecule has 0 aromatic heterocycles. The van der Waals surface area contributed by atoms with E-state index in [1.807, 2.05) is 25.1 Å². The average Bonchev–Trinajstić information content (AvgIpc) is 3.18. The van der Waals surface area contributed by atoms with Crippen molar-refractivity contribution in [2.75, 3.05) is 19.7 Å². The van der Waals surface area contributed by atoms with Crippen molar-refractivity contribution >= 4 is 21.8 Å². The maximum absolute atomic E-state index is 12.0. The van der Waals surface area contributed by atoms with E-state index in [4.69, 9.17) is 4.74 Å². The van der Waals surface area contributed by atoms with Crippen LogP contribution in [0.2, 0.25) is 0 Å². The summed E-state index contributed by atoms with van der Waals surface area (Å²) in [6.07, 6.45) is 2.18. The van der Waals surface area contributed by atoms with Crippen LogP contribution in [0.25, 0.3) is 0 Å². The number of hydrogen-bond donors (Lipinski definition) is 1. The summed E-state index contributed by atoms with van der Waals surface area (Å²) in [4.78, 5) is 13.6.